The molecule has 6 nitrogen and oxygen atoms in total. The van der Waals surface area contributed by atoms with Gasteiger partial charge >= 0.3 is 0 Å². The number of hydrogen-bond acceptors (Lipinski definition) is 6. The number of allylic oxidation sites excluding steroid dienone is 6. The van der Waals surface area contributed by atoms with Crippen molar-refractivity contribution in [3.63, 3.8) is 0 Å². The van der Waals surface area contributed by atoms with E-state index < -0.39 is 0 Å². The molecule has 1 aliphatic carbocycles. The molecule has 2 aromatic rings. The Morgan fingerprint density at radius 1 is 1.03 bits per heavy atom. The van der Waals surface area contributed by atoms with Crippen LogP contribution in [-0.4, -0.2) is 33.4 Å². The highest BCUT2D eigenvalue weighted by Gasteiger charge is 2.12. The number of ketones is 1. The van der Waals surface area contributed by atoms with Crippen LogP contribution in [0.4, 0.5) is 0 Å². The van der Waals surface area contributed by atoms with Crippen molar-refractivity contribution < 1.29 is 25.0 Å². The zero-order valence-corrected chi connectivity index (χ0v) is 15.8. The number of hydroxylamine groups is 2. The van der Waals surface area contributed by atoms with Crippen LogP contribution in [0.5, 0.6) is 17.2 Å². The van der Waals surface area contributed by atoms with Crippen molar-refractivity contribution in [2.75, 3.05) is 7.11 Å². The molecule has 0 saturated heterocycles. The molecule has 148 valence electrons. The fourth-order valence-corrected chi connectivity index (χ4v) is 2.79. The number of carbonyl (C=O) groups is 1. The maximum absolute atomic E-state index is 12.1. The van der Waals surface area contributed by atoms with E-state index in [4.69, 9.17) is 4.74 Å². The van der Waals surface area contributed by atoms with Gasteiger partial charge in [-0.1, -0.05) is 42.5 Å². The van der Waals surface area contributed by atoms with Crippen molar-refractivity contribution in [3.8, 4) is 17.2 Å². The Morgan fingerprint density at radius 2 is 1.83 bits per heavy atom. The minimum absolute atomic E-state index is 0.0412. The molecule has 29 heavy (non-hydrogen) atoms. The van der Waals surface area contributed by atoms with Gasteiger partial charge in [-0.05, 0) is 41.5 Å². The highest BCUT2D eigenvalue weighted by atomic mass is 16.5. The zero-order chi connectivity index (χ0) is 20.8. The topological polar surface area (TPSA) is 90.2 Å². The predicted molar refractivity (Wildman–Crippen MR) is 109 cm³/mol. The normalized spacial score (nSPS) is 15.0. The largest absolute Gasteiger partial charge is 0.508 e. The van der Waals surface area contributed by atoms with E-state index >= 15 is 0 Å². The molecule has 0 amide bonds. The third-order valence-electron chi connectivity index (χ3n) is 4.32. The molecule has 0 unspecified atom stereocenters. The Bertz CT molecular complexity index is 1030. The van der Waals surface area contributed by atoms with Gasteiger partial charge in [0.1, 0.15) is 5.75 Å². The molecule has 0 aliphatic heterocycles. The molecule has 0 spiro atoms. The van der Waals surface area contributed by atoms with Gasteiger partial charge in [-0.3, -0.25) is 15.1 Å². The van der Waals surface area contributed by atoms with Crippen LogP contribution in [-0.2, 0) is 11.3 Å². The summed E-state index contributed by atoms with van der Waals surface area (Å²) in [4.78, 5) is 12.1. The van der Waals surface area contributed by atoms with Crippen molar-refractivity contribution >= 4 is 11.9 Å². The number of hydrogen-bond donors (Lipinski definition) is 3. The summed E-state index contributed by atoms with van der Waals surface area (Å²) in [5.41, 5.74) is 2.43. The number of carbonyl (C=O) groups excluding carboxylic acids is 1. The van der Waals surface area contributed by atoms with Gasteiger partial charge in [0.15, 0.2) is 17.3 Å². The first-order valence-electron chi connectivity index (χ1n) is 8.89. The molecule has 3 rings (SSSR count). The van der Waals surface area contributed by atoms with Crippen molar-refractivity contribution in [3.05, 3.63) is 95.2 Å². The second kappa shape index (κ2) is 8.95. The number of benzene rings is 2. The van der Waals surface area contributed by atoms with E-state index in [9.17, 15) is 20.2 Å². The molecule has 0 aromatic heterocycles. The first-order valence-corrected chi connectivity index (χ1v) is 8.89. The van der Waals surface area contributed by atoms with Gasteiger partial charge in [0, 0.05) is 17.3 Å². The van der Waals surface area contributed by atoms with Crippen LogP contribution in [0.3, 0.4) is 0 Å². The SMILES string of the molecule is COc1cc(/C=C/C2=CC(=CN(O)Cc3ccccc3O)C(=O)C=C2)ccc1O. The number of ether oxygens (including phenoxy) is 1. The van der Waals surface area contributed by atoms with Crippen LogP contribution in [0.1, 0.15) is 11.1 Å². The van der Waals surface area contributed by atoms with Crippen molar-refractivity contribution in [2.45, 2.75) is 6.54 Å². The lowest BCUT2D eigenvalue weighted by molar-refractivity contribution is -0.111. The van der Waals surface area contributed by atoms with Crippen molar-refractivity contribution in [1.82, 2.24) is 5.06 Å². The third-order valence-corrected chi connectivity index (χ3v) is 4.32. The van der Waals surface area contributed by atoms with Crippen molar-refractivity contribution in [1.29, 1.82) is 0 Å². The molecule has 3 N–H and O–H groups in total. The lowest BCUT2D eigenvalue weighted by Crippen LogP contribution is -2.14. The van der Waals surface area contributed by atoms with Crippen LogP contribution in [0, 0.1) is 0 Å². The number of phenols is 2. The summed E-state index contributed by atoms with van der Waals surface area (Å²) in [6, 6.07) is 11.7. The fourth-order valence-electron chi connectivity index (χ4n) is 2.79. The van der Waals surface area contributed by atoms with Gasteiger partial charge in [-0.15, -0.1) is 0 Å². The molecular formula is C23H21NO5. The summed E-state index contributed by atoms with van der Waals surface area (Å²) in [6.45, 7) is 0.0412. The van der Waals surface area contributed by atoms with Gasteiger partial charge in [0.2, 0.25) is 0 Å². The summed E-state index contributed by atoms with van der Waals surface area (Å²) in [5, 5.41) is 30.5. The molecule has 0 atom stereocenters. The van der Waals surface area contributed by atoms with Crippen LogP contribution in [0.15, 0.2) is 84.1 Å². The maximum atomic E-state index is 12.1. The third kappa shape index (κ3) is 5.15. The van der Waals surface area contributed by atoms with E-state index in [0.717, 1.165) is 16.2 Å². The lowest BCUT2D eigenvalue weighted by Gasteiger charge is -2.15. The van der Waals surface area contributed by atoms with E-state index in [2.05, 4.69) is 0 Å². The monoisotopic (exact) mass is 391 g/mol. The second-order valence-electron chi connectivity index (χ2n) is 6.42. The number of phenolic OH excluding ortho intramolecular Hbond substituents is 2. The summed E-state index contributed by atoms with van der Waals surface area (Å²) in [6.07, 6.45) is 9.73. The number of para-hydroxylation sites is 1. The minimum atomic E-state index is -0.232. The first-order chi connectivity index (χ1) is 14.0. The molecule has 0 bridgehead atoms. The first kappa shape index (κ1) is 20.0. The predicted octanol–water partition coefficient (Wildman–Crippen LogP) is 3.96. The van der Waals surface area contributed by atoms with Crippen LogP contribution in [0.25, 0.3) is 6.08 Å². The number of rotatable bonds is 6. The van der Waals surface area contributed by atoms with Gasteiger partial charge in [0.05, 0.1) is 13.7 Å². The second-order valence-corrected chi connectivity index (χ2v) is 6.42. The van der Waals surface area contributed by atoms with Crippen molar-refractivity contribution in [2.24, 2.45) is 0 Å². The van der Waals surface area contributed by atoms with Crippen LogP contribution in [0.2, 0.25) is 0 Å². The van der Waals surface area contributed by atoms with E-state index in [1.165, 1.54) is 25.5 Å². The smallest absolute Gasteiger partial charge is 0.187 e. The molecule has 0 radical (unpaired) electrons. The highest BCUT2D eigenvalue weighted by Crippen LogP contribution is 2.27. The summed E-state index contributed by atoms with van der Waals surface area (Å²) in [7, 11) is 1.48. The molecule has 0 heterocycles. The molecule has 6 heteroatoms. The Balaban J connectivity index is 1.76. The summed E-state index contributed by atoms with van der Waals surface area (Å²) < 4.78 is 5.09. The molecule has 0 fully saturated rings. The van der Waals surface area contributed by atoms with E-state index in [0.29, 0.717) is 16.9 Å². The van der Waals surface area contributed by atoms with E-state index in [1.54, 1.807) is 48.6 Å². The maximum Gasteiger partial charge on any atom is 0.187 e. The fraction of sp³-hybridized carbons (Fsp3) is 0.0870. The average molecular weight is 391 g/mol. The summed E-state index contributed by atoms with van der Waals surface area (Å²) in [5.74, 6) is 0.272. The minimum Gasteiger partial charge on any atom is -0.508 e. The quantitative estimate of drug-likeness (QED) is 0.510. The Hall–Kier alpha value is -3.77. The molecule has 2 aromatic carbocycles. The number of nitrogens with zero attached hydrogens (tertiary/aromatic N) is 1. The van der Waals surface area contributed by atoms with Gasteiger partial charge in [-0.2, -0.15) is 0 Å². The van der Waals surface area contributed by atoms with E-state index in [-0.39, 0.29) is 23.8 Å². The Labute approximate surface area is 168 Å². The molecular weight excluding hydrogens is 370 g/mol. The molecule has 1 aliphatic rings. The zero-order valence-electron chi connectivity index (χ0n) is 15.8. The lowest BCUT2D eigenvalue weighted by atomic mass is 10.0. The standard InChI is InChI=1S/C23H21NO5/c1-29-23-13-17(9-11-22(23)27)7-6-16-8-10-21(26)19(12-16)15-24(28)14-18-4-2-3-5-20(18)25/h2-13,15,25,27-28H,14H2,1H3/b7-6+,19-15?. The average Bonchev–Trinajstić information content (AvgIpc) is 2.71. The van der Waals surface area contributed by atoms with Gasteiger partial charge in [-0.25, -0.2) is 0 Å². The Morgan fingerprint density at radius 3 is 2.59 bits per heavy atom. The number of aromatic hydroxyl groups is 2. The van der Waals surface area contributed by atoms with Gasteiger partial charge in [0.25, 0.3) is 0 Å². The van der Waals surface area contributed by atoms with Crippen LogP contribution >= 0.6 is 0 Å². The highest BCUT2D eigenvalue weighted by molar-refractivity contribution is 6.08. The Kier molecular flexibility index (Phi) is 6.16. The summed E-state index contributed by atoms with van der Waals surface area (Å²) >= 11 is 0. The molecule has 0 saturated carbocycles. The van der Waals surface area contributed by atoms with Gasteiger partial charge < -0.3 is 14.9 Å². The van der Waals surface area contributed by atoms with Crippen LogP contribution < -0.4 is 4.74 Å². The van der Waals surface area contributed by atoms with E-state index in [1.807, 2.05) is 12.2 Å². The number of methoxy groups -OCH3 is 1.